The van der Waals surface area contributed by atoms with Crippen LogP contribution < -0.4 is 0 Å². The first-order valence-electron chi connectivity index (χ1n) is 9.47. The number of rotatable bonds is 3. The van der Waals surface area contributed by atoms with Crippen molar-refractivity contribution >= 4 is 17.4 Å². The average Bonchev–Trinajstić information content (AvgIpc) is 2.62. The smallest absolute Gasteiger partial charge is 0.197 e. The fraction of sp³-hybridized carbons (Fsp3) is 0.435. The van der Waals surface area contributed by atoms with Crippen LogP contribution in [-0.2, 0) is 9.53 Å². The highest BCUT2D eigenvalue weighted by atomic mass is 35.5. The third kappa shape index (κ3) is 3.33. The molecule has 0 radical (unpaired) electrons. The highest BCUT2D eigenvalue weighted by molar-refractivity contribution is 6.29. The third-order valence-corrected chi connectivity index (χ3v) is 6.10. The van der Waals surface area contributed by atoms with Crippen LogP contribution in [0.3, 0.4) is 0 Å². The zero-order chi connectivity index (χ0) is 20.9. The summed E-state index contributed by atoms with van der Waals surface area (Å²) in [5.74, 6) is -1.21. The SMILES string of the molecule is CCC1(Cl)C=CC(c2ccccc2F)C=C1C1=C(O)C(C)(C)OC(C)(C)C1=O. The Kier molecular flexibility index (Phi) is 5.10. The number of carbonyl (C=O) groups is 1. The molecule has 1 N–H and O–H groups in total. The number of benzene rings is 1. The largest absolute Gasteiger partial charge is 0.508 e. The molecular formula is C23H26ClFO3. The van der Waals surface area contributed by atoms with Crippen molar-refractivity contribution in [2.45, 2.75) is 63.0 Å². The summed E-state index contributed by atoms with van der Waals surface area (Å²) in [6, 6.07) is 6.52. The zero-order valence-electron chi connectivity index (χ0n) is 16.8. The summed E-state index contributed by atoms with van der Waals surface area (Å²) in [4.78, 5) is 12.2. The van der Waals surface area contributed by atoms with E-state index in [1.165, 1.54) is 6.07 Å². The predicted octanol–water partition coefficient (Wildman–Crippen LogP) is 5.76. The maximum atomic E-state index is 14.4. The minimum Gasteiger partial charge on any atom is -0.508 e. The Bertz CT molecular complexity index is 910. The quantitative estimate of drug-likeness (QED) is 0.514. The van der Waals surface area contributed by atoms with Gasteiger partial charge in [-0.2, -0.15) is 0 Å². The molecule has 2 atom stereocenters. The van der Waals surface area contributed by atoms with E-state index in [1.807, 2.05) is 13.0 Å². The first kappa shape index (κ1) is 20.8. The van der Waals surface area contributed by atoms with Crippen LogP contribution in [0.4, 0.5) is 4.39 Å². The van der Waals surface area contributed by atoms with Gasteiger partial charge < -0.3 is 9.84 Å². The monoisotopic (exact) mass is 404 g/mol. The van der Waals surface area contributed by atoms with Crippen LogP contribution in [0, 0.1) is 5.82 Å². The second-order valence-electron chi connectivity index (χ2n) is 8.38. The second kappa shape index (κ2) is 6.85. The van der Waals surface area contributed by atoms with Crippen molar-refractivity contribution in [1.29, 1.82) is 0 Å². The number of Topliss-reactive ketones (excluding diaryl/α,β-unsaturated/α-hetero) is 1. The molecule has 150 valence electrons. The number of carbonyl (C=O) groups excluding carboxylic acids is 1. The molecule has 28 heavy (non-hydrogen) atoms. The van der Waals surface area contributed by atoms with Crippen LogP contribution in [-0.4, -0.2) is 27.0 Å². The maximum Gasteiger partial charge on any atom is 0.197 e. The van der Waals surface area contributed by atoms with Crippen molar-refractivity contribution in [3.8, 4) is 0 Å². The molecule has 0 fully saturated rings. The molecule has 1 aliphatic carbocycles. The number of aliphatic hydroxyl groups is 1. The number of aliphatic hydroxyl groups excluding tert-OH is 1. The van der Waals surface area contributed by atoms with E-state index in [0.717, 1.165) is 0 Å². The summed E-state index contributed by atoms with van der Waals surface area (Å²) in [6.07, 6.45) is 5.93. The molecule has 1 aromatic carbocycles. The molecule has 2 aliphatic rings. The molecule has 2 unspecified atom stereocenters. The van der Waals surface area contributed by atoms with Gasteiger partial charge in [0, 0.05) is 5.92 Å². The van der Waals surface area contributed by atoms with E-state index in [2.05, 4.69) is 0 Å². The fourth-order valence-electron chi connectivity index (χ4n) is 3.95. The molecule has 0 amide bonds. The second-order valence-corrected chi connectivity index (χ2v) is 9.05. The van der Waals surface area contributed by atoms with Gasteiger partial charge in [0.15, 0.2) is 5.78 Å². The summed E-state index contributed by atoms with van der Waals surface area (Å²) < 4.78 is 20.2. The molecule has 0 aromatic heterocycles. The van der Waals surface area contributed by atoms with E-state index < -0.39 is 22.0 Å². The van der Waals surface area contributed by atoms with Gasteiger partial charge in [0.2, 0.25) is 0 Å². The van der Waals surface area contributed by atoms with E-state index in [-0.39, 0.29) is 22.9 Å². The van der Waals surface area contributed by atoms with Crippen LogP contribution in [0.1, 0.15) is 52.5 Å². The predicted molar refractivity (Wildman–Crippen MR) is 109 cm³/mol. The molecule has 5 heteroatoms. The topological polar surface area (TPSA) is 46.5 Å². The maximum absolute atomic E-state index is 14.4. The van der Waals surface area contributed by atoms with Crippen LogP contribution in [0.2, 0.25) is 0 Å². The number of halogens is 2. The summed E-state index contributed by atoms with van der Waals surface area (Å²) in [6.45, 7) is 8.70. The van der Waals surface area contributed by atoms with Gasteiger partial charge in [-0.3, -0.25) is 4.79 Å². The molecule has 0 saturated carbocycles. The van der Waals surface area contributed by atoms with Crippen molar-refractivity contribution in [3.05, 3.63) is 70.8 Å². The van der Waals surface area contributed by atoms with Crippen molar-refractivity contribution in [1.82, 2.24) is 0 Å². The van der Waals surface area contributed by atoms with Crippen LogP contribution in [0.5, 0.6) is 0 Å². The summed E-state index contributed by atoms with van der Waals surface area (Å²) in [5, 5.41) is 10.9. The third-order valence-electron chi connectivity index (χ3n) is 5.50. The molecule has 1 aliphatic heterocycles. The lowest BCUT2D eigenvalue weighted by Crippen LogP contribution is -2.51. The fourth-order valence-corrected chi connectivity index (χ4v) is 4.18. The lowest BCUT2D eigenvalue weighted by atomic mass is 9.74. The van der Waals surface area contributed by atoms with Crippen LogP contribution >= 0.6 is 11.6 Å². The van der Waals surface area contributed by atoms with E-state index in [1.54, 1.807) is 58.0 Å². The number of hydrogen-bond donors (Lipinski definition) is 1. The molecule has 3 rings (SSSR count). The van der Waals surface area contributed by atoms with Gasteiger partial charge in [0.25, 0.3) is 0 Å². The molecular weight excluding hydrogens is 379 g/mol. The highest BCUT2D eigenvalue weighted by Gasteiger charge is 2.50. The van der Waals surface area contributed by atoms with Gasteiger partial charge in [-0.15, -0.1) is 11.6 Å². The average molecular weight is 405 g/mol. The van der Waals surface area contributed by atoms with Crippen LogP contribution in [0.25, 0.3) is 0 Å². The van der Waals surface area contributed by atoms with E-state index in [9.17, 15) is 14.3 Å². The first-order valence-corrected chi connectivity index (χ1v) is 9.85. The van der Waals surface area contributed by atoms with Crippen molar-refractivity contribution in [2.75, 3.05) is 0 Å². The molecule has 0 spiro atoms. The minimum absolute atomic E-state index is 0.149. The van der Waals surface area contributed by atoms with Crippen molar-refractivity contribution in [2.24, 2.45) is 0 Å². The molecule has 3 nitrogen and oxygen atoms in total. The normalized spacial score (nSPS) is 29.0. The van der Waals surface area contributed by atoms with Gasteiger partial charge in [0.1, 0.15) is 22.8 Å². The molecule has 0 saturated heterocycles. The Labute approximate surface area is 170 Å². The lowest BCUT2D eigenvalue weighted by molar-refractivity contribution is -0.161. The summed E-state index contributed by atoms with van der Waals surface area (Å²) >= 11 is 6.88. The highest BCUT2D eigenvalue weighted by Crippen LogP contribution is 2.47. The number of alkyl halides is 1. The molecule has 1 heterocycles. The Morgan fingerprint density at radius 3 is 2.43 bits per heavy atom. The first-order chi connectivity index (χ1) is 12.9. The van der Waals surface area contributed by atoms with E-state index >= 15 is 0 Å². The zero-order valence-corrected chi connectivity index (χ0v) is 17.6. The van der Waals surface area contributed by atoms with Crippen LogP contribution in [0.15, 0.2) is 59.4 Å². The van der Waals surface area contributed by atoms with Gasteiger partial charge in [0.05, 0.1) is 10.4 Å². The molecule has 0 bridgehead atoms. The van der Waals surface area contributed by atoms with Crippen molar-refractivity contribution in [3.63, 3.8) is 0 Å². The van der Waals surface area contributed by atoms with Gasteiger partial charge in [-0.25, -0.2) is 4.39 Å². The van der Waals surface area contributed by atoms with E-state index in [0.29, 0.717) is 17.6 Å². The van der Waals surface area contributed by atoms with Gasteiger partial charge >= 0.3 is 0 Å². The van der Waals surface area contributed by atoms with Crippen molar-refractivity contribution < 1.29 is 19.0 Å². The molecule has 1 aromatic rings. The summed E-state index contributed by atoms with van der Waals surface area (Å²) in [5.41, 5.74) is -1.01. The van der Waals surface area contributed by atoms with Gasteiger partial charge in [-0.1, -0.05) is 43.4 Å². The number of ketones is 1. The summed E-state index contributed by atoms with van der Waals surface area (Å²) in [7, 11) is 0. The number of ether oxygens (including phenoxy) is 1. The van der Waals surface area contributed by atoms with E-state index in [4.69, 9.17) is 16.3 Å². The Morgan fingerprint density at radius 1 is 1.18 bits per heavy atom. The standard InChI is InChI=1S/C23H26ClFO3/c1-6-23(24)12-11-14(15-9-7-8-10-17(15)25)13-16(23)18-19(26)21(2,3)28-22(4,5)20(18)27/h7-14,26H,6H2,1-5H3. The number of allylic oxidation sites excluding steroid dienone is 4. The Balaban J connectivity index is 2.23. The lowest BCUT2D eigenvalue weighted by Gasteiger charge is -2.43. The van der Waals surface area contributed by atoms with Gasteiger partial charge in [-0.05, 0) is 51.3 Å². The Hall–Kier alpha value is -1.91. The minimum atomic E-state index is -1.12. The Morgan fingerprint density at radius 2 is 1.82 bits per heavy atom. The number of hydrogen-bond acceptors (Lipinski definition) is 3.